The maximum absolute atomic E-state index is 13.7. The second-order valence-corrected chi connectivity index (χ2v) is 6.23. The second kappa shape index (κ2) is 9.54. The molecule has 29 heavy (non-hydrogen) atoms. The van der Waals surface area contributed by atoms with Crippen molar-refractivity contribution in [3.63, 3.8) is 0 Å². The number of hydrogen-bond acceptors (Lipinski definition) is 5. The predicted octanol–water partition coefficient (Wildman–Crippen LogP) is 4.14. The summed E-state index contributed by atoms with van der Waals surface area (Å²) < 4.78 is 24.2. The molecule has 0 atom stereocenters. The van der Waals surface area contributed by atoms with Gasteiger partial charge in [-0.05, 0) is 48.4 Å². The SMILES string of the molecule is COc1ccc(CCNc2ccc(NC(=O)c3ccccc3F)cn2)cc1OC. The molecule has 0 aliphatic carbocycles. The van der Waals surface area contributed by atoms with E-state index < -0.39 is 11.7 Å². The minimum Gasteiger partial charge on any atom is -0.493 e. The number of nitrogens with one attached hydrogen (secondary N) is 2. The summed E-state index contributed by atoms with van der Waals surface area (Å²) in [4.78, 5) is 16.4. The third kappa shape index (κ3) is 5.22. The fourth-order valence-electron chi connectivity index (χ4n) is 2.79. The number of ether oxygens (including phenoxy) is 2. The molecule has 0 saturated heterocycles. The Morgan fingerprint density at radius 1 is 1.03 bits per heavy atom. The maximum atomic E-state index is 13.7. The van der Waals surface area contributed by atoms with Crippen LogP contribution in [0.5, 0.6) is 11.5 Å². The van der Waals surface area contributed by atoms with Crippen molar-refractivity contribution >= 4 is 17.4 Å². The van der Waals surface area contributed by atoms with Gasteiger partial charge < -0.3 is 20.1 Å². The average Bonchev–Trinajstić information content (AvgIpc) is 2.75. The van der Waals surface area contributed by atoms with Gasteiger partial charge in [0.2, 0.25) is 0 Å². The van der Waals surface area contributed by atoms with E-state index in [-0.39, 0.29) is 5.56 Å². The highest BCUT2D eigenvalue weighted by molar-refractivity contribution is 6.04. The Bertz CT molecular complexity index is 977. The van der Waals surface area contributed by atoms with Gasteiger partial charge >= 0.3 is 0 Å². The summed E-state index contributed by atoms with van der Waals surface area (Å²) in [5.41, 5.74) is 1.58. The van der Waals surface area contributed by atoms with E-state index in [2.05, 4.69) is 15.6 Å². The quantitative estimate of drug-likeness (QED) is 0.600. The lowest BCUT2D eigenvalue weighted by molar-refractivity contribution is 0.102. The van der Waals surface area contributed by atoms with Crippen LogP contribution in [0.15, 0.2) is 60.8 Å². The monoisotopic (exact) mass is 395 g/mol. The Balaban J connectivity index is 1.53. The first-order valence-corrected chi connectivity index (χ1v) is 9.07. The molecule has 2 N–H and O–H groups in total. The van der Waals surface area contributed by atoms with Crippen molar-refractivity contribution in [3.05, 3.63) is 77.7 Å². The summed E-state index contributed by atoms with van der Waals surface area (Å²) in [6.45, 7) is 0.670. The van der Waals surface area contributed by atoms with Gasteiger partial charge in [-0.2, -0.15) is 0 Å². The number of aromatic nitrogens is 1. The Morgan fingerprint density at radius 2 is 1.83 bits per heavy atom. The minimum absolute atomic E-state index is 0.00961. The number of methoxy groups -OCH3 is 2. The topological polar surface area (TPSA) is 72.5 Å². The summed E-state index contributed by atoms with van der Waals surface area (Å²) in [5, 5.41) is 5.86. The van der Waals surface area contributed by atoms with E-state index in [1.807, 2.05) is 18.2 Å². The second-order valence-electron chi connectivity index (χ2n) is 6.23. The Labute approximate surface area is 168 Å². The van der Waals surface area contributed by atoms with Crippen LogP contribution in [0, 0.1) is 5.82 Å². The number of nitrogens with zero attached hydrogens (tertiary/aromatic N) is 1. The predicted molar refractivity (Wildman–Crippen MR) is 110 cm³/mol. The zero-order valence-electron chi connectivity index (χ0n) is 16.2. The Kier molecular flexibility index (Phi) is 6.63. The van der Waals surface area contributed by atoms with Crippen LogP contribution in [-0.2, 0) is 6.42 Å². The number of halogens is 1. The zero-order valence-corrected chi connectivity index (χ0v) is 16.2. The van der Waals surface area contributed by atoms with Gasteiger partial charge in [-0.15, -0.1) is 0 Å². The molecule has 0 unspecified atom stereocenters. The molecule has 7 heteroatoms. The van der Waals surface area contributed by atoms with Crippen molar-refractivity contribution in [2.75, 3.05) is 31.4 Å². The van der Waals surface area contributed by atoms with Crippen LogP contribution in [0.4, 0.5) is 15.9 Å². The lowest BCUT2D eigenvalue weighted by Crippen LogP contribution is -2.14. The van der Waals surface area contributed by atoms with Gasteiger partial charge in [-0.25, -0.2) is 9.37 Å². The third-order valence-electron chi connectivity index (χ3n) is 4.31. The zero-order chi connectivity index (χ0) is 20.6. The van der Waals surface area contributed by atoms with Gasteiger partial charge in [0.1, 0.15) is 11.6 Å². The highest BCUT2D eigenvalue weighted by Gasteiger charge is 2.11. The van der Waals surface area contributed by atoms with Gasteiger partial charge in [0.25, 0.3) is 5.91 Å². The number of hydrogen-bond donors (Lipinski definition) is 2. The molecule has 0 radical (unpaired) electrons. The van der Waals surface area contributed by atoms with Crippen molar-refractivity contribution in [3.8, 4) is 11.5 Å². The molecule has 0 bridgehead atoms. The molecule has 0 spiro atoms. The molecular formula is C22H22FN3O3. The van der Waals surface area contributed by atoms with Crippen molar-refractivity contribution in [2.45, 2.75) is 6.42 Å². The van der Waals surface area contributed by atoms with Crippen molar-refractivity contribution in [1.29, 1.82) is 0 Å². The number of rotatable bonds is 8. The summed E-state index contributed by atoms with van der Waals surface area (Å²) in [7, 11) is 3.21. The molecule has 150 valence electrons. The number of pyridine rings is 1. The van der Waals surface area contributed by atoms with Crippen LogP contribution in [0.25, 0.3) is 0 Å². The minimum atomic E-state index is -0.564. The number of carbonyl (C=O) groups excluding carboxylic acids is 1. The molecule has 1 heterocycles. The van der Waals surface area contributed by atoms with E-state index in [1.165, 1.54) is 24.4 Å². The summed E-state index contributed by atoms with van der Waals surface area (Å²) in [6, 6.07) is 15.1. The largest absolute Gasteiger partial charge is 0.493 e. The van der Waals surface area contributed by atoms with Crippen molar-refractivity contribution < 1.29 is 18.7 Å². The highest BCUT2D eigenvalue weighted by atomic mass is 19.1. The summed E-state index contributed by atoms with van der Waals surface area (Å²) in [5.74, 6) is 0.983. The van der Waals surface area contributed by atoms with E-state index in [1.54, 1.807) is 32.4 Å². The molecule has 1 aromatic heterocycles. The molecule has 3 aromatic rings. The molecule has 6 nitrogen and oxygen atoms in total. The molecule has 3 rings (SSSR count). The van der Waals surface area contributed by atoms with Gasteiger partial charge in [-0.3, -0.25) is 4.79 Å². The first-order valence-electron chi connectivity index (χ1n) is 9.07. The first-order chi connectivity index (χ1) is 14.1. The van der Waals surface area contributed by atoms with Gasteiger partial charge in [0.15, 0.2) is 11.5 Å². The van der Waals surface area contributed by atoms with Crippen LogP contribution >= 0.6 is 0 Å². The molecule has 0 fully saturated rings. The molecule has 0 aliphatic rings. The van der Waals surface area contributed by atoms with Crippen LogP contribution in [0.2, 0.25) is 0 Å². The molecular weight excluding hydrogens is 373 g/mol. The number of amides is 1. The number of anilines is 2. The maximum Gasteiger partial charge on any atom is 0.258 e. The van der Waals surface area contributed by atoms with Crippen LogP contribution < -0.4 is 20.1 Å². The van der Waals surface area contributed by atoms with Gasteiger partial charge in [-0.1, -0.05) is 18.2 Å². The van der Waals surface area contributed by atoms with Crippen molar-refractivity contribution in [2.24, 2.45) is 0 Å². The fourth-order valence-corrected chi connectivity index (χ4v) is 2.79. The highest BCUT2D eigenvalue weighted by Crippen LogP contribution is 2.27. The molecule has 0 saturated carbocycles. The third-order valence-corrected chi connectivity index (χ3v) is 4.31. The molecule has 0 aliphatic heterocycles. The van der Waals surface area contributed by atoms with E-state index in [0.29, 0.717) is 29.5 Å². The van der Waals surface area contributed by atoms with Gasteiger partial charge in [0.05, 0.1) is 31.7 Å². The van der Waals surface area contributed by atoms with E-state index >= 15 is 0 Å². The lowest BCUT2D eigenvalue weighted by Gasteiger charge is -2.11. The van der Waals surface area contributed by atoms with Crippen LogP contribution in [0.3, 0.4) is 0 Å². The van der Waals surface area contributed by atoms with E-state index in [4.69, 9.17) is 9.47 Å². The molecule has 1 amide bonds. The lowest BCUT2D eigenvalue weighted by atomic mass is 10.1. The first kappa shape index (κ1) is 20.1. The van der Waals surface area contributed by atoms with Gasteiger partial charge in [0, 0.05) is 6.54 Å². The number of carbonyl (C=O) groups is 1. The normalized spacial score (nSPS) is 10.3. The standard InChI is InChI=1S/C22H22FN3O3/c1-28-19-9-7-15(13-20(19)29-2)11-12-24-21-10-8-16(14-25-21)26-22(27)17-5-3-4-6-18(17)23/h3-10,13-14H,11-12H2,1-2H3,(H,24,25)(H,26,27). The average molecular weight is 395 g/mol. The summed E-state index contributed by atoms with van der Waals surface area (Å²) in [6.07, 6.45) is 2.30. The van der Waals surface area contributed by atoms with E-state index in [9.17, 15) is 9.18 Å². The van der Waals surface area contributed by atoms with Crippen LogP contribution in [0.1, 0.15) is 15.9 Å². The fraction of sp³-hybridized carbons (Fsp3) is 0.182. The Morgan fingerprint density at radius 3 is 2.52 bits per heavy atom. The van der Waals surface area contributed by atoms with Crippen LogP contribution in [-0.4, -0.2) is 31.7 Å². The molecule has 2 aromatic carbocycles. The smallest absolute Gasteiger partial charge is 0.258 e. The number of benzene rings is 2. The van der Waals surface area contributed by atoms with Crippen molar-refractivity contribution in [1.82, 2.24) is 4.98 Å². The summed E-state index contributed by atoms with van der Waals surface area (Å²) >= 11 is 0. The van der Waals surface area contributed by atoms with E-state index in [0.717, 1.165) is 12.0 Å². The Hall–Kier alpha value is -3.61.